The van der Waals surface area contributed by atoms with Gasteiger partial charge in [0.05, 0.1) is 6.04 Å². The molecule has 3 N–H and O–H groups in total. The molecule has 3 rings (SSSR count). The minimum Gasteiger partial charge on any atom is -0.508 e. The van der Waals surface area contributed by atoms with E-state index in [0.29, 0.717) is 16.8 Å². The molecule has 6 heteroatoms. The molecule has 0 fully saturated rings. The lowest BCUT2D eigenvalue weighted by atomic mass is 9.96. The van der Waals surface area contributed by atoms with Crippen LogP contribution in [0.5, 0.6) is 5.75 Å². The molecular formula is C24H21FN2O3. The zero-order chi connectivity index (χ0) is 21.7. The maximum atomic E-state index is 13.9. The molecule has 0 bridgehead atoms. The van der Waals surface area contributed by atoms with Gasteiger partial charge in [0.25, 0.3) is 5.91 Å². The van der Waals surface area contributed by atoms with E-state index in [1.54, 1.807) is 13.0 Å². The number of pyridine rings is 1. The van der Waals surface area contributed by atoms with Gasteiger partial charge in [-0.2, -0.15) is 0 Å². The number of aliphatic hydroxyl groups excluding tert-OH is 1. The van der Waals surface area contributed by atoms with Gasteiger partial charge in [0.15, 0.2) is 0 Å². The van der Waals surface area contributed by atoms with Crippen molar-refractivity contribution >= 4 is 5.91 Å². The normalized spacial score (nSPS) is 11.3. The van der Waals surface area contributed by atoms with Gasteiger partial charge >= 0.3 is 0 Å². The Morgan fingerprint density at radius 1 is 1.13 bits per heavy atom. The number of amides is 1. The Morgan fingerprint density at radius 3 is 2.57 bits per heavy atom. The number of nitrogens with zero attached hydrogens (tertiary/aromatic N) is 1. The molecule has 1 amide bonds. The first-order valence-corrected chi connectivity index (χ1v) is 9.31. The van der Waals surface area contributed by atoms with Gasteiger partial charge in [0.1, 0.15) is 23.9 Å². The molecule has 1 atom stereocenters. The number of aryl methyl sites for hydroxylation is 2. The van der Waals surface area contributed by atoms with E-state index in [4.69, 9.17) is 5.11 Å². The lowest BCUT2D eigenvalue weighted by Crippen LogP contribution is -2.30. The van der Waals surface area contributed by atoms with Gasteiger partial charge in [-0.1, -0.05) is 41.7 Å². The van der Waals surface area contributed by atoms with Crippen LogP contribution in [-0.2, 0) is 0 Å². The Bertz CT molecular complexity index is 1130. The third-order valence-electron chi connectivity index (χ3n) is 4.48. The standard InChI is InChI=1S/C24H21FN2O3/c1-15-5-7-18(8-6-15)23(20-14-19(25)9-10-22(20)29)27-24(30)21-13-17(4-3-11-28)12-16(2)26-21/h5-10,12-14,23,28-29H,11H2,1-2H3,(H,27,30). The van der Waals surface area contributed by atoms with E-state index in [2.05, 4.69) is 22.1 Å². The first-order valence-electron chi connectivity index (χ1n) is 9.31. The van der Waals surface area contributed by atoms with Crippen LogP contribution in [0.2, 0.25) is 0 Å². The molecule has 0 spiro atoms. The number of nitrogens with one attached hydrogen (secondary N) is 1. The maximum absolute atomic E-state index is 13.9. The average molecular weight is 404 g/mol. The van der Waals surface area contributed by atoms with Gasteiger partial charge < -0.3 is 15.5 Å². The summed E-state index contributed by atoms with van der Waals surface area (Å²) in [6.45, 7) is 3.37. The van der Waals surface area contributed by atoms with E-state index < -0.39 is 17.8 Å². The summed E-state index contributed by atoms with van der Waals surface area (Å²) in [6.07, 6.45) is 0. The van der Waals surface area contributed by atoms with Crippen molar-refractivity contribution < 1.29 is 19.4 Å². The monoisotopic (exact) mass is 404 g/mol. The van der Waals surface area contributed by atoms with E-state index >= 15 is 0 Å². The minimum atomic E-state index is -0.789. The summed E-state index contributed by atoms with van der Waals surface area (Å²) in [5.41, 5.74) is 3.21. The van der Waals surface area contributed by atoms with E-state index in [0.717, 1.165) is 11.6 Å². The number of benzene rings is 2. The Morgan fingerprint density at radius 2 is 1.87 bits per heavy atom. The summed E-state index contributed by atoms with van der Waals surface area (Å²) >= 11 is 0. The number of phenols is 1. The molecule has 0 aliphatic heterocycles. The van der Waals surface area contributed by atoms with Crippen LogP contribution in [-0.4, -0.2) is 27.7 Å². The molecule has 0 saturated carbocycles. The fraction of sp³-hybridized carbons (Fsp3) is 0.167. The molecule has 1 aromatic heterocycles. The van der Waals surface area contributed by atoms with Gasteiger partial charge in [-0.15, -0.1) is 0 Å². The number of aromatic hydroxyl groups is 1. The molecule has 0 radical (unpaired) electrons. The molecule has 0 aliphatic rings. The summed E-state index contributed by atoms with van der Waals surface area (Å²) in [5.74, 6) is 4.15. The van der Waals surface area contributed by atoms with Crippen LogP contribution in [0.4, 0.5) is 4.39 Å². The zero-order valence-corrected chi connectivity index (χ0v) is 16.6. The van der Waals surface area contributed by atoms with Crippen molar-refractivity contribution in [2.75, 3.05) is 6.61 Å². The number of aromatic nitrogens is 1. The second-order valence-corrected chi connectivity index (χ2v) is 6.86. The molecule has 1 unspecified atom stereocenters. The van der Waals surface area contributed by atoms with Crippen LogP contribution in [0.3, 0.4) is 0 Å². The number of hydrogen-bond donors (Lipinski definition) is 3. The van der Waals surface area contributed by atoms with Crippen molar-refractivity contribution in [3.8, 4) is 17.6 Å². The number of aliphatic hydroxyl groups is 1. The number of hydrogen-bond acceptors (Lipinski definition) is 4. The second kappa shape index (κ2) is 9.21. The van der Waals surface area contributed by atoms with Crippen LogP contribution in [0.25, 0.3) is 0 Å². The third kappa shape index (κ3) is 5.02. The van der Waals surface area contributed by atoms with Crippen LogP contribution in [0.15, 0.2) is 54.6 Å². The molecular weight excluding hydrogens is 383 g/mol. The summed E-state index contributed by atoms with van der Waals surface area (Å²) in [4.78, 5) is 17.3. The maximum Gasteiger partial charge on any atom is 0.270 e. The largest absolute Gasteiger partial charge is 0.508 e. The number of phenolic OH excluding ortho intramolecular Hbond substituents is 1. The van der Waals surface area contributed by atoms with Crippen LogP contribution < -0.4 is 5.32 Å². The molecule has 0 saturated heterocycles. The number of rotatable bonds is 4. The molecule has 5 nitrogen and oxygen atoms in total. The smallest absolute Gasteiger partial charge is 0.270 e. The van der Waals surface area contributed by atoms with E-state index in [1.807, 2.05) is 31.2 Å². The quantitative estimate of drug-likeness (QED) is 0.582. The first kappa shape index (κ1) is 21.0. The summed E-state index contributed by atoms with van der Waals surface area (Å²) in [6, 6.07) is 13.4. The highest BCUT2D eigenvalue weighted by atomic mass is 19.1. The van der Waals surface area contributed by atoms with Gasteiger partial charge in [-0.25, -0.2) is 9.37 Å². The average Bonchev–Trinajstić information content (AvgIpc) is 2.72. The SMILES string of the molecule is Cc1ccc(C(NC(=O)c2cc(C#CCO)cc(C)n2)c2cc(F)ccc2O)cc1. The van der Waals surface area contributed by atoms with Gasteiger partial charge in [-0.05, 0) is 49.7 Å². The highest BCUT2D eigenvalue weighted by Gasteiger charge is 2.22. The molecule has 152 valence electrons. The summed E-state index contributed by atoms with van der Waals surface area (Å²) in [5, 5.41) is 22.0. The predicted octanol–water partition coefficient (Wildman–Crippen LogP) is 3.41. The predicted molar refractivity (Wildman–Crippen MR) is 111 cm³/mol. The Kier molecular flexibility index (Phi) is 6.45. The minimum absolute atomic E-state index is 0.130. The van der Waals surface area contributed by atoms with E-state index in [1.165, 1.54) is 18.2 Å². The molecule has 30 heavy (non-hydrogen) atoms. The van der Waals surface area contributed by atoms with E-state index in [9.17, 15) is 14.3 Å². The molecule has 1 heterocycles. The van der Waals surface area contributed by atoms with Crippen LogP contribution in [0, 0.1) is 31.5 Å². The van der Waals surface area contributed by atoms with Crippen molar-refractivity contribution in [3.63, 3.8) is 0 Å². The first-order chi connectivity index (χ1) is 14.4. The number of halogens is 1. The van der Waals surface area contributed by atoms with Crippen molar-refractivity contribution in [1.82, 2.24) is 10.3 Å². The van der Waals surface area contributed by atoms with Crippen molar-refractivity contribution in [2.24, 2.45) is 0 Å². The van der Waals surface area contributed by atoms with Gasteiger partial charge in [0.2, 0.25) is 0 Å². The fourth-order valence-corrected chi connectivity index (χ4v) is 3.06. The zero-order valence-electron chi connectivity index (χ0n) is 16.6. The summed E-state index contributed by atoms with van der Waals surface area (Å²) in [7, 11) is 0. The van der Waals surface area contributed by atoms with E-state index in [-0.39, 0.29) is 23.6 Å². The van der Waals surface area contributed by atoms with Crippen molar-refractivity contribution in [3.05, 3.63) is 94.1 Å². The highest BCUT2D eigenvalue weighted by Crippen LogP contribution is 2.30. The highest BCUT2D eigenvalue weighted by molar-refractivity contribution is 5.93. The lowest BCUT2D eigenvalue weighted by Gasteiger charge is -2.21. The number of carbonyl (C=O) groups is 1. The lowest BCUT2D eigenvalue weighted by molar-refractivity contribution is 0.0937. The Balaban J connectivity index is 2.01. The van der Waals surface area contributed by atoms with Crippen LogP contribution >= 0.6 is 0 Å². The topological polar surface area (TPSA) is 82.5 Å². The fourth-order valence-electron chi connectivity index (χ4n) is 3.06. The number of carbonyl (C=O) groups excluding carboxylic acids is 1. The molecule has 2 aromatic carbocycles. The summed E-state index contributed by atoms with van der Waals surface area (Å²) < 4.78 is 13.9. The van der Waals surface area contributed by atoms with Gasteiger partial charge in [0, 0.05) is 16.8 Å². The van der Waals surface area contributed by atoms with Crippen LogP contribution in [0.1, 0.15) is 44.5 Å². The Labute approximate surface area is 174 Å². The van der Waals surface area contributed by atoms with Crippen molar-refractivity contribution in [2.45, 2.75) is 19.9 Å². The second-order valence-electron chi connectivity index (χ2n) is 6.86. The molecule has 0 aliphatic carbocycles. The van der Waals surface area contributed by atoms with Crippen molar-refractivity contribution in [1.29, 1.82) is 0 Å². The third-order valence-corrected chi connectivity index (χ3v) is 4.48. The Hall–Kier alpha value is -3.69. The van der Waals surface area contributed by atoms with Gasteiger partial charge in [-0.3, -0.25) is 4.79 Å². The molecule has 3 aromatic rings.